The predicted molar refractivity (Wildman–Crippen MR) is 114 cm³/mol. The zero-order valence-corrected chi connectivity index (χ0v) is 17.6. The molecule has 29 heavy (non-hydrogen) atoms. The number of nitrogens with zero attached hydrogens (tertiary/aromatic N) is 5. The molecule has 0 aliphatic carbocycles. The van der Waals surface area contributed by atoms with Crippen molar-refractivity contribution in [1.29, 1.82) is 0 Å². The molecule has 0 saturated carbocycles. The molecule has 2 aromatic rings. The highest BCUT2D eigenvalue weighted by Crippen LogP contribution is 2.21. The second-order valence-electron chi connectivity index (χ2n) is 7.29. The predicted octanol–water partition coefficient (Wildman–Crippen LogP) is 3.12. The highest BCUT2D eigenvalue weighted by atomic mass is 16.5. The fraction of sp³-hybridized carbons (Fsp3) is 0.500. The molecule has 1 amide bonds. The summed E-state index contributed by atoms with van der Waals surface area (Å²) in [5.41, 5.74) is 1.60. The van der Waals surface area contributed by atoms with Gasteiger partial charge in [0.15, 0.2) is 5.69 Å². The first kappa shape index (κ1) is 21.0. The van der Waals surface area contributed by atoms with Gasteiger partial charge in [0.2, 0.25) is 0 Å². The topological polar surface area (TPSA) is 63.5 Å². The van der Waals surface area contributed by atoms with Crippen LogP contribution in [0.3, 0.4) is 0 Å². The molecule has 1 aliphatic heterocycles. The van der Waals surface area contributed by atoms with E-state index in [4.69, 9.17) is 4.74 Å². The summed E-state index contributed by atoms with van der Waals surface area (Å²) >= 11 is 0. The molecule has 7 heteroatoms. The summed E-state index contributed by atoms with van der Waals surface area (Å²) in [5, 5.41) is 8.38. The van der Waals surface area contributed by atoms with Crippen LogP contribution in [0, 0.1) is 0 Å². The Morgan fingerprint density at radius 2 is 2.03 bits per heavy atom. The molecule has 1 unspecified atom stereocenters. The number of rotatable bonds is 8. The van der Waals surface area contributed by atoms with Gasteiger partial charge in [0.1, 0.15) is 5.75 Å². The minimum atomic E-state index is -0.0451. The summed E-state index contributed by atoms with van der Waals surface area (Å²) in [6.07, 6.45) is 8.31. The number of likely N-dealkylation sites (tertiary alicyclic amines) is 1. The molecule has 3 rings (SSSR count). The van der Waals surface area contributed by atoms with E-state index in [9.17, 15) is 4.79 Å². The van der Waals surface area contributed by atoms with Crippen LogP contribution >= 0.6 is 0 Å². The lowest BCUT2D eigenvalue weighted by atomic mass is 10.1. The van der Waals surface area contributed by atoms with E-state index in [0.717, 1.165) is 43.8 Å². The van der Waals surface area contributed by atoms with Crippen LogP contribution in [0.2, 0.25) is 0 Å². The third-order valence-electron chi connectivity index (χ3n) is 5.42. The van der Waals surface area contributed by atoms with E-state index >= 15 is 0 Å². The van der Waals surface area contributed by atoms with Gasteiger partial charge < -0.3 is 9.64 Å². The van der Waals surface area contributed by atoms with Gasteiger partial charge in [0.05, 0.1) is 19.3 Å². The summed E-state index contributed by atoms with van der Waals surface area (Å²) in [6, 6.07) is 8.30. The zero-order chi connectivity index (χ0) is 20.6. The molecule has 1 fully saturated rings. The van der Waals surface area contributed by atoms with E-state index in [1.54, 1.807) is 12.0 Å². The Labute approximate surface area is 172 Å². The van der Waals surface area contributed by atoms with Crippen LogP contribution in [-0.2, 0) is 0 Å². The molecule has 0 radical (unpaired) electrons. The van der Waals surface area contributed by atoms with Crippen LogP contribution in [0.25, 0.3) is 6.08 Å². The summed E-state index contributed by atoms with van der Waals surface area (Å²) in [7, 11) is 1.68. The first-order chi connectivity index (χ1) is 14.1. The molecule has 0 N–H and O–H groups in total. The van der Waals surface area contributed by atoms with Gasteiger partial charge in [-0.2, -0.15) is 0 Å². The second kappa shape index (κ2) is 10.2. The van der Waals surface area contributed by atoms with Crippen molar-refractivity contribution < 1.29 is 9.53 Å². The summed E-state index contributed by atoms with van der Waals surface area (Å²) in [4.78, 5) is 16.7. The Kier molecular flexibility index (Phi) is 7.41. The number of aromatic nitrogens is 3. The quantitative estimate of drug-likeness (QED) is 0.685. The zero-order valence-electron chi connectivity index (χ0n) is 17.6. The van der Waals surface area contributed by atoms with Crippen LogP contribution < -0.4 is 4.74 Å². The number of hydrogen-bond acceptors (Lipinski definition) is 5. The SMILES string of the molecule is CCN(CC)C(=O)c1cn(C2CCCN(C/C=C/c3ccc(OC)cc3)C2)nn1. The molecule has 1 aliphatic rings. The monoisotopic (exact) mass is 397 g/mol. The normalized spacial score (nSPS) is 17.6. The average Bonchev–Trinajstić information content (AvgIpc) is 3.26. The lowest BCUT2D eigenvalue weighted by Crippen LogP contribution is -2.36. The Morgan fingerprint density at radius 3 is 2.72 bits per heavy atom. The van der Waals surface area contributed by atoms with E-state index in [-0.39, 0.29) is 11.9 Å². The van der Waals surface area contributed by atoms with Crippen molar-refractivity contribution in [3.63, 3.8) is 0 Å². The lowest BCUT2D eigenvalue weighted by molar-refractivity contribution is 0.0767. The molecular formula is C22H31N5O2. The molecule has 1 aromatic heterocycles. The Morgan fingerprint density at radius 1 is 1.28 bits per heavy atom. The van der Waals surface area contributed by atoms with Crippen molar-refractivity contribution in [2.24, 2.45) is 0 Å². The van der Waals surface area contributed by atoms with Gasteiger partial charge in [-0.3, -0.25) is 9.69 Å². The number of piperidine rings is 1. The average molecular weight is 398 g/mol. The van der Waals surface area contributed by atoms with Crippen LogP contribution in [0.5, 0.6) is 5.75 Å². The van der Waals surface area contributed by atoms with E-state index in [1.807, 2.05) is 36.9 Å². The van der Waals surface area contributed by atoms with Crippen LogP contribution in [-0.4, -0.2) is 70.5 Å². The number of ether oxygens (including phenoxy) is 1. The highest BCUT2D eigenvalue weighted by Gasteiger charge is 2.23. The molecule has 1 saturated heterocycles. The summed E-state index contributed by atoms with van der Waals surface area (Å²) in [5.74, 6) is 0.823. The number of hydrogen-bond donors (Lipinski definition) is 0. The van der Waals surface area contributed by atoms with Crippen molar-refractivity contribution in [3.05, 3.63) is 47.8 Å². The van der Waals surface area contributed by atoms with Crippen molar-refractivity contribution in [2.75, 3.05) is 39.8 Å². The number of benzene rings is 1. The van der Waals surface area contributed by atoms with Gasteiger partial charge >= 0.3 is 0 Å². The van der Waals surface area contributed by atoms with E-state index in [2.05, 4.69) is 39.5 Å². The van der Waals surface area contributed by atoms with Crippen LogP contribution in [0.15, 0.2) is 36.5 Å². The minimum absolute atomic E-state index is 0.0451. The van der Waals surface area contributed by atoms with Crippen molar-refractivity contribution >= 4 is 12.0 Å². The van der Waals surface area contributed by atoms with E-state index < -0.39 is 0 Å². The maximum absolute atomic E-state index is 12.5. The van der Waals surface area contributed by atoms with Gasteiger partial charge in [-0.1, -0.05) is 29.5 Å². The van der Waals surface area contributed by atoms with Gasteiger partial charge in [-0.15, -0.1) is 5.10 Å². The molecule has 7 nitrogen and oxygen atoms in total. The molecule has 156 valence electrons. The third kappa shape index (κ3) is 5.44. The van der Waals surface area contributed by atoms with Gasteiger partial charge in [0.25, 0.3) is 5.91 Å². The number of amides is 1. The summed E-state index contributed by atoms with van der Waals surface area (Å²) in [6.45, 7) is 8.19. The van der Waals surface area contributed by atoms with Crippen molar-refractivity contribution in [2.45, 2.75) is 32.7 Å². The lowest BCUT2D eigenvalue weighted by Gasteiger charge is -2.31. The first-order valence-electron chi connectivity index (χ1n) is 10.4. The smallest absolute Gasteiger partial charge is 0.276 e. The molecule has 2 heterocycles. The number of carbonyl (C=O) groups is 1. The standard InChI is InChI=1S/C22H31N5O2/c1-4-26(5-2)22(28)21-17-27(24-23-21)19-9-7-15-25(16-19)14-6-8-18-10-12-20(29-3)13-11-18/h6,8,10-13,17,19H,4-5,7,9,14-16H2,1-3H3/b8-6+. The van der Waals surface area contributed by atoms with Gasteiger partial charge in [-0.25, -0.2) is 4.68 Å². The molecule has 1 aromatic carbocycles. The van der Waals surface area contributed by atoms with Crippen LogP contribution in [0.4, 0.5) is 0 Å². The van der Waals surface area contributed by atoms with Gasteiger partial charge in [-0.05, 0) is 50.9 Å². The Hall–Kier alpha value is -2.67. The largest absolute Gasteiger partial charge is 0.497 e. The number of carbonyl (C=O) groups excluding carboxylic acids is 1. The van der Waals surface area contributed by atoms with E-state index in [1.165, 1.54) is 0 Å². The minimum Gasteiger partial charge on any atom is -0.497 e. The van der Waals surface area contributed by atoms with Crippen LogP contribution in [0.1, 0.15) is 48.8 Å². The fourth-order valence-corrected chi connectivity index (χ4v) is 3.69. The first-order valence-corrected chi connectivity index (χ1v) is 10.4. The molecule has 0 spiro atoms. The highest BCUT2D eigenvalue weighted by molar-refractivity contribution is 5.91. The molecule has 0 bridgehead atoms. The number of methoxy groups -OCH3 is 1. The summed E-state index contributed by atoms with van der Waals surface area (Å²) < 4.78 is 7.07. The Bertz CT molecular complexity index is 811. The Balaban J connectivity index is 1.56. The third-order valence-corrected chi connectivity index (χ3v) is 5.42. The second-order valence-corrected chi connectivity index (χ2v) is 7.29. The van der Waals surface area contributed by atoms with Gasteiger partial charge in [0, 0.05) is 26.2 Å². The maximum atomic E-state index is 12.5. The van der Waals surface area contributed by atoms with Crippen molar-refractivity contribution in [1.82, 2.24) is 24.8 Å². The maximum Gasteiger partial charge on any atom is 0.276 e. The fourth-order valence-electron chi connectivity index (χ4n) is 3.69. The van der Waals surface area contributed by atoms with Crippen molar-refractivity contribution in [3.8, 4) is 5.75 Å². The molecular weight excluding hydrogens is 366 g/mol. The molecule has 1 atom stereocenters. The van der Waals surface area contributed by atoms with E-state index in [0.29, 0.717) is 18.8 Å².